The summed E-state index contributed by atoms with van der Waals surface area (Å²) in [5.74, 6) is -0.316. The molecule has 1 saturated heterocycles. The van der Waals surface area contributed by atoms with E-state index < -0.39 is 18.2 Å². The van der Waals surface area contributed by atoms with Gasteiger partial charge in [0.25, 0.3) is 5.91 Å². The number of carbonyl (C=O) groups excluding carboxylic acids is 2. The van der Waals surface area contributed by atoms with Gasteiger partial charge in [-0.15, -0.1) is 0 Å². The second-order valence-electron chi connectivity index (χ2n) is 6.14. The van der Waals surface area contributed by atoms with E-state index in [2.05, 4.69) is 5.32 Å². The number of aliphatic hydroxyl groups excluding tert-OH is 1. The van der Waals surface area contributed by atoms with E-state index in [4.69, 9.17) is 4.74 Å². The second-order valence-corrected chi connectivity index (χ2v) is 6.14. The Hall–Kier alpha value is -3.06. The van der Waals surface area contributed by atoms with Gasteiger partial charge in [-0.3, -0.25) is 4.79 Å². The highest BCUT2D eigenvalue weighted by Gasteiger charge is 2.35. The van der Waals surface area contributed by atoms with Gasteiger partial charge in [-0.25, -0.2) is 4.79 Å². The molecule has 0 bridgehead atoms. The Morgan fingerprint density at radius 3 is 2.46 bits per heavy atom. The average molecular weight is 356 g/mol. The highest BCUT2D eigenvalue weighted by atomic mass is 16.6. The number of aromatic hydroxyl groups is 1. The third-order valence-corrected chi connectivity index (χ3v) is 4.20. The maximum absolute atomic E-state index is 12.2. The van der Waals surface area contributed by atoms with E-state index in [9.17, 15) is 19.8 Å². The Labute approximate surface area is 150 Å². The fourth-order valence-electron chi connectivity index (χ4n) is 2.75. The molecule has 0 radical (unpaired) electrons. The smallest absolute Gasteiger partial charge is 0.410 e. The molecular weight excluding hydrogens is 336 g/mol. The number of aliphatic hydroxyl groups is 1. The van der Waals surface area contributed by atoms with Crippen LogP contribution in [0.1, 0.15) is 15.9 Å². The van der Waals surface area contributed by atoms with Crippen molar-refractivity contribution >= 4 is 12.0 Å². The first-order valence-corrected chi connectivity index (χ1v) is 8.26. The van der Waals surface area contributed by atoms with Crippen LogP contribution >= 0.6 is 0 Å². The lowest BCUT2D eigenvalue weighted by molar-refractivity contribution is 0.0887. The Morgan fingerprint density at radius 2 is 1.77 bits per heavy atom. The number of β-amino-alcohol motifs (C(OH)–C–C–N with tert-alkyl or cyclic N) is 1. The van der Waals surface area contributed by atoms with Gasteiger partial charge in [0.05, 0.1) is 18.7 Å². The lowest BCUT2D eigenvalue weighted by Crippen LogP contribution is -2.43. The summed E-state index contributed by atoms with van der Waals surface area (Å²) in [4.78, 5) is 25.7. The Bertz CT molecular complexity index is 763. The van der Waals surface area contributed by atoms with E-state index in [1.165, 1.54) is 29.2 Å². The normalized spacial score (nSPS) is 19.2. The van der Waals surface area contributed by atoms with Gasteiger partial charge in [0, 0.05) is 12.1 Å². The van der Waals surface area contributed by atoms with Gasteiger partial charge in [0.1, 0.15) is 12.4 Å². The van der Waals surface area contributed by atoms with Crippen LogP contribution in [0.2, 0.25) is 0 Å². The van der Waals surface area contributed by atoms with E-state index in [0.717, 1.165) is 5.56 Å². The summed E-state index contributed by atoms with van der Waals surface area (Å²) in [6.07, 6.45) is -1.41. The molecule has 1 aliphatic heterocycles. The predicted octanol–water partition coefficient (Wildman–Crippen LogP) is 1.50. The van der Waals surface area contributed by atoms with E-state index in [1.54, 1.807) is 0 Å². The summed E-state index contributed by atoms with van der Waals surface area (Å²) in [6.45, 7) is 0.406. The number of rotatable bonds is 4. The number of amides is 2. The molecule has 7 nitrogen and oxygen atoms in total. The number of nitrogens with one attached hydrogen (secondary N) is 1. The van der Waals surface area contributed by atoms with Crippen molar-refractivity contribution in [2.45, 2.75) is 18.8 Å². The standard InChI is InChI=1S/C19H20N2O5/c22-15-8-6-14(7-9-15)18(24)20-16-10-21(11-17(16)23)19(25)26-12-13-4-2-1-3-5-13/h1-9,16-17,22-23H,10-12H2,(H,20,24)/t16-,17-/m0/s1. The fourth-order valence-corrected chi connectivity index (χ4v) is 2.75. The van der Waals surface area contributed by atoms with Crippen LogP contribution in [0.4, 0.5) is 4.79 Å². The van der Waals surface area contributed by atoms with Crippen LogP contribution in [-0.4, -0.2) is 52.3 Å². The molecule has 136 valence electrons. The fraction of sp³-hybridized carbons (Fsp3) is 0.263. The summed E-state index contributed by atoms with van der Waals surface area (Å²) in [5, 5.41) is 22.1. The number of phenolic OH excluding ortho intramolecular Hbond substituents is 1. The second kappa shape index (κ2) is 7.88. The Kier molecular flexibility index (Phi) is 5.38. The quantitative estimate of drug-likeness (QED) is 0.771. The predicted molar refractivity (Wildman–Crippen MR) is 93.6 cm³/mol. The molecule has 0 saturated carbocycles. The third kappa shape index (κ3) is 4.31. The summed E-state index contributed by atoms with van der Waals surface area (Å²) in [5.41, 5.74) is 1.23. The maximum Gasteiger partial charge on any atom is 0.410 e. The molecule has 1 fully saturated rings. The maximum atomic E-state index is 12.2. The van der Waals surface area contributed by atoms with Gasteiger partial charge in [0.15, 0.2) is 0 Å². The molecule has 26 heavy (non-hydrogen) atoms. The molecule has 1 heterocycles. The number of nitrogens with zero attached hydrogens (tertiary/aromatic N) is 1. The molecule has 0 spiro atoms. The van der Waals surface area contributed by atoms with Crippen LogP contribution in [-0.2, 0) is 11.3 Å². The molecule has 3 N–H and O–H groups in total. The molecular formula is C19H20N2O5. The van der Waals surface area contributed by atoms with Crippen molar-refractivity contribution in [2.75, 3.05) is 13.1 Å². The van der Waals surface area contributed by atoms with E-state index in [0.29, 0.717) is 5.56 Å². The average Bonchev–Trinajstić information content (AvgIpc) is 3.01. The molecule has 2 amide bonds. The summed E-state index contributed by atoms with van der Waals surface area (Å²) in [6, 6.07) is 14.5. The van der Waals surface area contributed by atoms with Gasteiger partial charge >= 0.3 is 6.09 Å². The van der Waals surface area contributed by atoms with Crippen LogP contribution in [0.15, 0.2) is 54.6 Å². The van der Waals surface area contributed by atoms with E-state index in [-0.39, 0.29) is 31.4 Å². The summed E-state index contributed by atoms with van der Waals surface area (Å²) < 4.78 is 5.25. The highest BCUT2D eigenvalue weighted by Crippen LogP contribution is 2.15. The van der Waals surface area contributed by atoms with Crippen molar-refractivity contribution in [1.82, 2.24) is 10.2 Å². The SMILES string of the molecule is O=C(N[C@H]1CN(C(=O)OCc2ccccc2)C[C@@H]1O)c1ccc(O)cc1. The number of phenols is 1. The number of hydrogen-bond donors (Lipinski definition) is 3. The van der Waals surface area contributed by atoms with Crippen molar-refractivity contribution in [3.05, 3.63) is 65.7 Å². The minimum Gasteiger partial charge on any atom is -0.508 e. The van der Waals surface area contributed by atoms with Crippen LogP contribution in [0.3, 0.4) is 0 Å². The molecule has 1 aliphatic rings. The molecule has 0 aliphatic carbocycles. The largest absolute Gasteiger partial charge is 0.508 e. The number of hydrogen-bond acceptors (Lipinski definition) is 5. The molecule has 0 aromatic heterocycles. The summed E-state index contributed by atoms with van der Waals surface area (Å²) >= 11 is 0. The highest BCUT2D eigenvalue weighted by molar-refractivity contribution is 5.94. The van der Waals surface area contributed by atoms with Gasteiger partial charge in [-0.1, -0.05) is 30.3 Å². The molecule has 2 aromatic carbocycles. The number of benzene rings is 2. The number of likely N-dealkylation sites (tertiary alicyclic amines) is 1. The monoisotopic (exact) mass is 356 g/mol. The zero-order valence-electron chi connectivity index (χ0n) is 14.0. The van der Waals surface area contributed by atoms with E-state index in [1.807, 2.05) is 30.3 Å². The molecule has 3 rings (SSSR count). The molecule has 2 aromatic rings. The van der Waals surface area contributed by atoms with Gasteiger partial charge in [0.2, 0.25) is 0 Å². The minimum absolute atomic E-state index is 0.0646. The lowest BCUT2D eigenvalue weighted by Gasteiger charge is -2.17. The first kappa shape index (κ1) is 17.8. The number of carbonyl (C=O) groups is 2. The van der Waals surface area contributed by atoms with Crippen molar-refractivity contribution < 1.29 is 24.5 Å². The van der Waals surface area contributed by atoms with Gasteiger partial charge in [-0.2, -0.15) is 0 Å². The zero-order valence-corrected chi connectivity index (χ0v) is 14.0. The van der Waals surface area contributed by atoms with Gasteiger partial charge < -0.3 is 25.2 Å². The topological polar surface area (TPSA) is 99.1 Å². The van der Waals surface area contributed by atoms with Crippen LogP contribution in [0, 0.1) is 0 Å². The zero-order chi connectivity index (χ0) is 18.5. The van der Waals surface area contributed by atoms with Crippen LogP contribution < -0.4 is 5.32 Å². The molecule has 2 atom stereocenters. The van der Waals surface area contributed by atoms with Crippen LogP contribution in [0.25, 0.3) is 0 Å². The van der Waals surface area contributed by atoms with Crippen molar-refractivity contribution in [2.24, 2.45) is 0 Å². The van der Waals surface area contributed by atoms with Crippen molar-refractivity contribution in [3.8, 4) is 5.75 Å². The van der Waals surface area contributed by atoms with Gasteiger partial charge in [-0.05, 0) is 29.8 Å². The minimum atomic E-state index is -0.875. The molecule has 7 heteroatoms. The first-order chi connectivity index (χ1) is 12.5. The Balaban J connectivity index is 1.52. The van der Waals surface area contributed by atoms with Crippen molar-refractivity contribution in [3.63, 3.8) is 0 Å². The van der Waals surface area contributed by atoms with E-state index >= 15 is 0 Å². The number of ether oxygens (including phenoxy) is 1. The Morgan fingerprint density at radius 1 is 1.08 bits per heavy atom. The van der Waals surface area contributed by atoms with Crippen LogP contribution in [0.5, 0.6) is 5.75 Å². The van der Waals surface area contributed by atoms with Crippen molar-refractivity contribution in [1.29, 1.82) is 0 Å². The molecule has 0 unspecified atom stereocenters. The summed E-state index contributed by atoms with van der Waals surface area (Å²) in [7, 11) is 0. The third-order valence-electron chi connectivity index (χ3n) is 4.20. The lowest BCUT2D eigenvalue weighted by atomic mass is 10.1. The first-order valence-electron chi connectivity index (χ1n) is 8.26.